The van der Waals surface area contributed by atoms with Crippen LogP contribution in [-0.4, -0.2) is 20.5 Å². The van der Waals surface area contributed by atoms with Crippen LogP contribution in [0.5, 0.6) is 0 Å². The molecule has 0 radical (unpaired) electrons. The lowest BCUT2D eigenvalue weighted by molar-refractivity contribution is 0.534. The molecule has 0 aliphatic carbocycles. The lowest BCUT2D eigenvalue weighted by Crippen LogP contribution is -1.94. The number of aromatic nitrogens is 3. The molecule has 16 heavy (non-hydrogen) atoms. The molecule has 0 spiro atoms. The number of rotatable bonds is 4. The fraction of sp³-hybridized carbons (Fsp3) is 0.273. The summed E-state index contributed by atoms with van der Waals surface area (Å²) in [4.78, 5) is 0. The van der Waals surface area contributed by atoms with Crippen LogP contribution < -0.4 is 0 Å². The molecule has 2 aromatic heterocycles. The molecular formula is C11H13N3OS. The number of nitrogens with zero attached hydrogens (tertiary/aromatic N) is 3. The van der Waals surface area contributed by atoms with Crippen LogP contribution in [0.15, 0.2) is 34.6 Å². The smallest absolute Gasteiger partial charge is 0.191 e. The van der Waals surface area contributed by atoms with Crippen LogP contribution in [0.3, 0.4) is 0 Å². The summed E-state index contributed by atoms with van der Waals surface area (Å²) < 4.78 is 7.22. The van der Waals surface area contributed by atoms with Crippen LogP contribution >= 0.6 is 11.8 Å². The standard InChI is InChI=1S/C11H13N3OS/c1-4-7-16-11-13-12-10(14(11)3)9-5-6-15-8(9)2/h4-6H,1,7H2,2-3H3. The Morgan fingerprint density at radius 2 is 2.38 bits per heavy atom. The Kier molecular flexibility index (Phi) is 3.14. The highest BCUT2D eigenvalue weighted by atomic mass is 32.2. The average Bonchev–Trinajstić information content (AvgIpc) is 2.83. The number of hydrogen-bond donors (Lipinski definition) is 0. The highest BCUT2D eigenvalue weighted by molar-refractivity contribution is 7.99. The molecule has 2 aromatic rings. The molecule has 0 amide bonds. The molecule has 0 aliphatic rings. The monoisotopic (exact) mass is 235 g/mol. The molecule has 84 valence electrons. The van der Waals surface area contributed by atoms with Gasteiger partial charge in [0.2, 0.25) is 0 Å². The van der Waals surface area contributed by atoms with Crippen molar-refractivity contribution in [1.29, 1.82) is 0 Å². The molecule has 0 aromatic carbocycles. The highest BCUT2D eigenvalue weighted by Gasteiger charge is 2.13. The molecule has 4 nitrogen and oxygen atoms in total. The summed E-state index contributed by atoms with van der Waals surface area (Å²) in [6, 6.07) is 1.90. The summed E-state index contributed by atoms with van der Waals surface area (Å²) in [6.07, 6.45) is 3.51. The van der Waals surface area contributed by atoms with Gasteiger partial charge in [0.05, 0.1) is 11.8 Å². The Labute approximate surface area is 98.4 Å². The highest BCUT2D eigenvalue weighted by Crippen LogP contribution is 2.25. The van der Waals surface area contributed by atoms with Crippen LogP contribution in [0.25, 0.3) is 11.4 Å². The van der Waals surface area contributed by atoms with Gasteiger partial charge in [-0.2, -0.15) is 0 Å². The van der Waals surface area contributed by atoms with Crippen molar-refractivity contribution in [3.8, 4) is 11.4 Å². The van der Waals surface area contributed by atoms with Gasteiger partial charge in [0, 0.05) is 12.8 Å². The molecule has 0 unspecified atom stereocenters. The number of thioether (sulfide) groups is 1. The third-order valence-corrected chi connectivity index (χ3v) is 3.28. The van der Waals surface area contributed by atoms with E-state index in [9.17, 15) is 0 Å². The quantitative estimate of drug-likeness (QED) is 0.603. The van der Waals surface area contributed by atoms with Gasteiger partial charge in [-0.3, -0.25) is 0 Å². The van der Waals surface area contributed by atoms with Crippen molar-refractivity contribution in [1.82, 2.24) is 14.8 Å². The molecule has 0 saturated heterocycles. The molecule has 2 heterocycles. The third-order valence-electron chi connectivity index (χ3n) is 2.26. The zero-order valence-electron chi connectivity index (χ0n) is 9.30. The van der Waals surface area contributed by atoms with Crippen molar-refractivity contribution in [2.75, 3.05) is 5.75 Å². The van der Waals surface area contributed by atoms with Gasteiger partial charge in [0.15, 0.2) is 11.0 Å². The minimum atomic E-state index is 0.830. The largest absolute Gasteiger partial charge is 0.469 e. The Hall–Kier alpha value is -1.49. The number of hydrogen-bond acceptors (Lipinski definition) is 4. The van der Waals surface area contributed by atoms with E-state index in [-0.39, 0.29) is 0 Å². The molecular weight excluding hydrogens is 222 g/mol. The van der Waals surface area contributed by atoms with Crippen LogP contribution in [0.2, 0.25) is 0 Å². The molecule has 0 saturated carbocycles. The molecule has 0 fully saturated rings. The Balaban J connectivity index is 2.33. The van der Waals surface area contributed by atoms with Crippen LogP contribution in [-0.2, 0) is 7.05 Å². The normalized spacial score (nSPS) is 10.6. The van der Waals surface area contributed by atoms with Gasteiger partial charge in [-0.1, -0.05) is 17.8 Å². The summed E-state index contributed by atoms with van der Waals surface area (Å²) >= 11 is 1.61. The van der Waals surface area contributed by atoms with E-state index in [4.69, 9.17) is 4.42 Å². The van der Waals surface area contributed by atoms with E-state index in [1.165, 1.54) is 0 Å². The van der Waals surface area contributed by atoms with Crippen molar-refractivity contribution in [3.05, 3.63) is 30.7 Å². The van der Waals surface area contributed by atoms with Gasteiger partial charge in [0.25, 0.3) is 0 Å². The Morgan fingerprint density at radius 3 is 3.00 bits per heavy atom. The van der Waals surface area contributed by atoms with Gasteiger partial charge >= 0.3 is 0 Å². The third kappa shape index (κ3) is 1.90. The van der Waals surface area contributed by atoms with Crippen LogP contribution in [0.4, 0.5) is 0 Å². The summed E-state index contributed by atoms with van der Waals surface area (Å²) in [5.74, 6) is 2.52. The van der Waals surface area contributed by atoms with Crippen molar-refractivity contribution in [2.45, 2.75) is 12.1 Å². The maximum Gasteiger partial charge on any atom is 0.191 e. The first-order valence-corrected chi connectivity index (χ1v) is 5.90. The van der Waals surface area contributed by atoms with E-state index >= 15 is 0 Å². The second kappa shape index (κ2) is 4.57. The average molecular weight is 235 g/mol. The Bertz CT molecular complexity index is 501. The second-order valence-electron chi connectivity index (χ2n) is 3.36. The van der Waals surface area contributed by atoms with Gasteiger partial charge in [-0.25, -0.2) is 0 Å². The van der Waals surface area contributed by atoms with Gasteiger partial charge in [0.1, 0.15) is 5.76 Å². The van der Waals surface area contributed by atoms with E-state index in [0.29, 0.717) is 0 Å². The molecule has 0 atom stereocenters. The predicted octanol–water partition coefficient (Wildman–Crippen LogP) is 2.66. The van der Waals surface area contributed by atoms with E-state index in [1.807, 2.05) is 30.7 Å². The van der Waals surface area contributed by atoms with Crippen molar-refractivity contribution < 1.29 is 4.42 Å². The molecule has 5 heteroatoms. The fourth-order valence-electron chi connectivity index (χ4n) is 1.43. The summed E-state index contributed by atoms with van der Waals surface area (Å²) in [5.41, 5.74) is 0.987. The van der Waals surface area contributed by atoms with Crippen molar-refractivity contribution >= 4 is 11.8 Å². The van der Waals surface area contributed by atoms with Gasteiger partial charge in [-0.05, 0) is 13.0 Å². The number of furan rings is 1. The second-order valence-corrected chi connectivity index (χ2v) is 4.34. The van der Waals surface area contributed by atoms with Gasteiger partial charge in [-0.15, -0.1) is 16.8 Å². The van der Waals surface area contributed by atoms with Crippen LogP contribution in [0, 0.1) is 6.92 Å². The summed E-state index contributed by atoms with van der Waals surface area (Å²) in [6.45, 7) is 5.60. The molecule has 0 aliphatic heterocycles. The zero-order valence-corrected chi connectivity index (χ0v) is 10.1. The first kappa shape index (κ1) is 11.0. The lowest BCUT2D eigenvalue weighted by Gasteiger charge is -2.01. The van der Waals surface area contributed by atoms with Crippen molar-refractivity contribution in [2.24, 2.45) is 7.05 Å². The first-order valence-electron chi connectivity index (χ1n) is 4.91. The van der Waals surface area contributed by atoms with Crippen molar-refractivity contribution in [3.63, 3.8) is 0 Å². The van der Waals surface area contributed by atoms with E-state index in [2.05, 4.69) is 16.8 Å². The zero-order chi connectivity index (χ0) is 11.5. The van der Waals surface area contributed by atoms with E-state index < -0.39 is 0 Å². The minimum absolute atomic E-state index is 0.830. The molecule has 2 rings (SSSR count). The van der Waals surface area contributed by atoms with E-state index in [1.54, 1.807) is 18.0 Å². The summed E-state index contributed by atoms with van der Waals surface area (Å²) in [7, 11) is 1.95. The number of aryl methyl sites for hydroxylation is 1. The SMILES string of the molecule is C=CCSc1nnc(-c2ccoc2C)n1C. The minimum Gasteiger partial charge on any atom is -0.469 e. The van der Waals surface area contributed by atoms with E-state index in [0.717, 1.165) is 28.1 Å². The first-order chi connectivity index (χ1) is 7.74. The van der Waals surface area contributed by atoms with Crippen LogP contribution in [0.1, 0.15) is 5.76 Å². The summed E-state index contributed by atoms with van der Waals surface area (Å²) in [5, 5.41) is 9.19. The molecule has 0 N–H and O–H groups in total. The van der Waals surface area contributed by atoms with Gasteiger partial charge < -0.3 is 8.98 Å². The topological polar surface area (TPSA) is 43.9 Å². The molecule has 0 bridgehead atoms. The predicted molar refractivity (Wildman–Crippen MR) is 64.4 cm³/mol. The fourth-order valence-corrected chi connectivity index (χ4v) is 2.07. The lowest BCUT2D eigenvalue weighted by atomic mass is 10.2. The maximum absolute atomic E-state index is 5.26. The maximum atomic E-state index is 5.26. The Morgan fingerprint density at radius 1 is 1.56 bits per heavy atom.